The molecule has 0 fully saturated rings. The van der Waals surface area contributed by atoms with Gasteiger partial charge in [0.25, 0.3) is 0 Å². The number of halogens is 2. The van der Waals surface area contributed by atoms with Gasteiger partial charge in [-0.25, -0.2) is 4.39 Å². The molecule has 1 aromatic heterocycles. The molecule has 2 aromatic rings. The van der Waals surface area contributed by atoms with E-state index < -0.39 is 0 Å². The van der Waals surface area contributed by atoms with Crippen LogP contribution in [0.25, 0.3) is 0 Å². The topological polar surface area (TPSA) is 29.9 Å². The molecule has 0 bridgehead atoms. The number of nitrogens with one attached hydrogen (secondary N) is 1. The molecular weight excluding hydrogens is 309 g/mol. The van der Waals surface area contributed by atoms with Crippen LogP contribution in [0.15, 0.2) is 28.9 Å². The Kier molecular flexibility index (Phi) is 4.37. The standard InChI is InChI=1S/C14H17BrFN3/c1-9(13-8-18-19(3)10(13)2)17-7-11-6-12(15)4-5-14(11)16/h4-6,8-9,17H,7H2,1-3H3. The molecule has 0 aliphatic heterocycles. The van der Waals surface area contributed by atoms with Crippen LogP contribution in [-0.4, -0.2) is 9.78 Å². The minimum Gasteiger partial charge on any atom is -0.306 e. The van der Waals surface area contributed by atoms with Crippen molar-refractivity contribution in [1.82, 2.24) is 15.1 Å². The van der Waals surface area contributed by atoms with E-state index in [-0.39, 0.29) is 11.9 Å². The highest BCUT2D eigenvalue weighted by Gasteiger charge is 2.12. The quantitative estimate of drug-likeness (QED) is 0.932. The Balaban J connectivity index is 2.06. The summed E-state index contributed by atoms with van der Waals surface area (Å²) >= 11 is 3.36. The Morgan fingerprint density at radius 1 is 1.47 bits per heavy atom. The fourth-order valence-corrected chi connectivity index (χ4v) is 2.40. The zero-order chi connectivity index (χ0) is 14.0. The molecule has 0 aliphatic rings. The van der Waals surface area contributed by atoms with Crippen molar-refractivity contribution in [3.05, 3.63) is 51.5 Å². The van der Waals surface area contributed by atoms with Gasteiger partial charge in [-0.3, -0.25) is 4.68 Å². The lowest BCUT2D eigenvalue weighted by molar-refractivity contribution is 0.541. The van der Waals surface area contributed by atoms with E-state index in [1.54, 1.807) is 12.1 Å². The van der Waals surface area contributed by atoms with Crippen molar-refractivity contribution in [1.29, 1.82) is 0 Å². The van der Waals surface area contributed by atoms with Crippen LogP contribution in [-0.2, 0) is 13.6 Å². The molecule has 0 saturated carbocycles. The molecule has 0 saturated heterocycles. The molecule has 3 nitrogen and oxygen atoms in total. The number of hydrogen-bond donors (Lipinski definition) is 1. The first-order valence-corrected chi connectivity index (χ1v) is 6.94. The van der Waals surface area contributed by atoms with Gasteiger partial charge in [0, 0.05) is 40.9 Å². The summed E-state index contributed by atoms with van der Waals surface area (Å²) in [4.78, 5) is 0. The van der Waals surface area contributed by atoms with Gasteiger partial charge in [-0.15, -0.1) is 0 Å². The maximum Gasteiger partial charge on any atom is 0.127 e. The molecular formula is C14H17BrFN3. The van der Waals surface area contributed by atoms with Crippen LogP contribution < -0.4 is 5.32 Å². The van der Waals surface area contributed by atoms with Gasteiger partial charge in [-0.1, -0.05) is 15.9 Å². The maximum absolute atomic E-state index is 13.6. The first-order chi connectivity index (χ1) is 8.99. The van der Waals surface area contributed by atoms with Crippen molar-refractivity contribution in [2.45, 2.75) is 26.4 Å². The van der Waals surface area contributed by atoms with Crippen LogP contribution in [0.5, 0.6) is 0 Å². The number of nitrogens with zero attached hydrogens (tertiary/aromatic N) is 2. The molecule has 1 N–H and O–H groups in total. The Morgan fingerprint density at radius 3 is 2.84 bits per heavy atom. The van der Waals surface area contributed by atoms with Crippen LogP contribution in [0, 0.1) is 12.7 Å². The highest BCUT2D eigenvalue weighted by molar-refractivity contribution is 9.10. The van der Waals surface area contributed by atoms with Crippen molar-refractivity contribution in [3.8, 4) is 0 Å². The van der Waals surface area contributed by atoms with Gasteiger partial charge in [-0.05, 0) is 32.0 Å². The zero-order valence-corrected chi connectivity index (χ0v) is 12.8. The molecule has 0 aliphatic carbocycles. The Morgan fingerprint density at radius 2 is 2.21 bits per heavy atom. The molecule has 1 heterocycles. The second-order valence-electron chi connectivity index (χ2n) is 4.65. The molecule has 19 heavy (non-hydrogen) atoms. The highest BCUT2D eigenvalue weighted by atomic mass is 79.9. The van der Waals surface area contributed by atoms with Crippen molar-refractivity contribution < 1.29 is 4.39 Å². The number of hydrogen-bond acceptors (Lipinski definition) is 2. The van der Waals surface area contributed by atoms with Crippen molar-refractivity contribution in [2.24, 2.45) is 7.05 Å². The molecule has 1 unspecified atom stereocenters. The van der Waals surface area contributed by atoms with Crippen LogP contribution >= 0.6 is 15.9 Å². The highest BCUT2D eigenvalue weighted by Crippen LogP contribution is 2.19. The van der Waals surface area contributed by atoms with Gasteiger partial charge in [0.1, 0.15) is 5.82 Å². The van der Waals surface area contributed by atoms with E-state index in [4.69, 9.17) is 0 Å². The summed E-state index contributed by atoms with van der Waals surface area (Å²) in [5, 5.41) is 7.54. The Bertz CT molecular complexity index is 580. The smallest absolute Gasteiger partial charge is 0.127 e. The maximum atomic E-state index is 13.6. The molecule has 2 rings (SSSR count). The average molecular weight is 326 g/mol. The molecule has 1 aromatic carbocycles. The van der Waals surface area contributed by atoms with E-state index in [0.29, 0.717) is 12.1 Å². The molecule has 0 spiro atoms. The lowest BCUT2D eigenvalue weighted by atomic mass is 10.1. The molecule has 5 heteroatoms. The van der Waals surface area contributed by atoms with Crippen LogP contribution in [0.4, 0.5) is 4.39 Å². The first kappa shape index (κ1) is 14.2. The summed E-state index contributed by atoms with van der Waals surface area (Å²) in [5.41, 5.74) is 2.91. The Labute approximate surface area is 121 Å². The predicted octanol–water partition coefficient (Wildman–Crippen LogP) is 3.48. The van der Waals surface area contributed by atoms with Crippen molar-refractivity contribution >= 4 is 15.9 Å². The summed E-state index contributed by atoms with van der Waals surface area (Å²) in [5.74, 6) is -0.189. The van der Waals surface area contributed by atoms with E-state index in [9.17, 15) is 4.39 Å². The van der Waals surface area contributed by atoms with E-state index in [2.05, 4.69) is 33.3 Å². The van der Waals surface area contributed by atoms with Gasteiger partial charge in [0.2, 0.25) is 0 Å². The average Bonchev–Trinajstić information content (AvgIpc) is 2.71. The second kappa shape index (κ2) is 5.84. The van der Waals surface area contributed by atoms with Gasteiger partial charge < -0.3 is 5.32 Å². The summed E-state index contributed by atoms with van der Waals surface area (Å²) < 4.78 is 16.4. The first-order valence-electron chi connectivity index (χ1n) is 6.15. The third kappa shape index (κ3) is 3.22. The van der Waals surface area contributed by atoms with Gasteiger partial charge in [-0.2, -0.15) is 5.10 Å². The van der Waals surface area contributed by atoms with Crippen LogP contribution in [0.2, 0.25) is 0 Å². The lowest BCUT2D eigenvalue weighted by Crippen LogP contribution is -2.19. The molecule has 1 atom stereocenters. The largest absolute Gasteiger partial charge is 0.306 e. The monoisotopic (exact) mass is 325 g/mol. The van der Waals surface area contributed by atoms with E-state index in [1.165, 1.54) is 6.07 Å². The van der Waals surface area contributed by atoms with Crippen molar-refractivity contribution in [2.75, 3.05) is 0 Å². The molecule has 0 radical (unpaired) electrons. The fourth-order valence-electron chi connectivity index (χ4n) is 1.99. The van der Waals surface area contributed by atoms with Crippen LogP contribution in [0.1, 0.15) is 29.8 Å². The predicted molar refractivity (Wildman–Crippen MR) is 77.3 cm³/mol. The fraction of sp³-hybridized carbons (Fsp3) is 0.357. The SMILES string of the molecule is Cc1c(C(C)NCc2cc(Br)ccc2F)cnn1C. The summed E-state index contributed by atoms with van der Waals surface area (Å²) in [7, 11) is 1.92. The van der Waals surface area contributed by atoms with Gasteiger partial charge >= 0.3 is 0 Å². The summed E-state index contributed by atoms with van der Waals surface area (Å²) in [6, 6.07) is 5.10. The van der Waals surface area contributed by atoms with Crippen LogP contribution in [0.3, 0.4) is 0 Å². The minimum absolute atomic E-state index is 0.132. The molecule has 102 valence electrons. The lowest BCUT2D eigenvalue weighted by Gasteiger charge is -2.14. The summed E-state index contributed by atoms with van der Waals surface area (Å²) in [6.45, 7) is 4.57. The minimum atomic E-state index is -0.189. The number of aryl methyl sites for hydroxylation is 1. The second-order valence-corrected chi connectivity index (χ2v) is 5.56. The Hall–Kier alpha value is -1.20. The molecule has 0 amide bonds. The normalized spacial score (nSPS) is 12.7. The van der Waals surface area contributed by atoms with E-state index >= 15 is 0 Å². The third-order valence-electron chi connectivity index (χ3n) is 3.35. The number of benzene rings is 1. The zero-order valence-electron chi connectivity index (χ0n) is 11.2. The third-order valence-corrected chi connectivity index (χ3v) is 3.84. The van der Waals surface area contributed by atoms with E-state index in [1.807, 2.05) is 24.9 Å². The number of rotatable bonds is 4. The van der Waals surface area contributed by atoms with Gasteiger partial charge in [0.15, 0.2) is 0 Å². The van der Waals surface area contributed by atoms with E-state index in [0.717, 1.165) is 15.7 Å². The summed E-state index contributed by atoms with van der Waals surface area (Å²) in [6.07, 6.45) is 1.85. The number of aromatic nitrogens is 2. The van der Waals surface area contributed by atoms with Crippen molar-refractivity contribution in [3.63, 3.8) is 0 Å². The van der Waals surface area contributed by atoms with Gasteiger partial charge in [0.05, 0.1) is 6.20 Å².